The molecule has 0 aliphatic rings. The van der Waals surface area contributed by atoms with Crippen LogP contribution in [0.1, 0.15) is 155 Å². The van der Waals surface area contributed by atoms with Crippen molar-refractivity contribution in [3.63, 3.8) is 0 Å². The molecule has 57 heavy (non-hydrogen) atoms. The van der Waals surface area contributed by atoms with Crippen molar-refractivity contribution in [3.05, 3.63) is 128 Å². The minimum Gasteiger partial charge on any atom is -0.481 e. The van der Waals surface area contributed by atoms with E-state index in [9.17, 15) is 4.79 Å². The van der Waals surface area contributed by atoms with E-state index < -0.39 is 5.60 Å². The van der Waals surface area contributed by atoms with Gasteiger partial charge in [-0.05, 0) is 130 Å². The smallest absolute Gasteiger partial charge is 0.211 e. The number of hydrogen-bond donors (Lipinski definition) is 3. The van der Waals surface area contributed by atoms with Gasteiger partial charge in [-0.3, -0.25) is 4.79 Å². The first-order chi connectivity index (χ1) is 27.2. The Morgan fingerprint density at radius 3 is 1.89 bits per heavy atom. The number of nitrogens with one attached hydrogen (secondary N) is 2. The van der Waals surface area contributed by atoms with Gasteiger partial charge in [-0.25, -0.2) is 0 Å². The molecule has 2 atom stereocenters. The average molecular weight is 847 g/mol. The summed E-state index contributed by atoms with van der Waals surface area (Å²) in [7, 11) is 1.90. The number of ether oxygens (including phenoxy) is 1. The van der Waals surface area contributed by atoms with Crippen LogP contribution in [0.5, 0.6) is 5.75 Å². The van der Waals surface area contributed by atoms with Gasteiger partial charge in [0.25, 0.3) is 0 Å². The molecule has 3 aromatic carbocycles. The third kappa shape index (κ3) is 20.3. The van der Waals surface area contributed by atoms with Gasteiger partial charge in [0.1, 0.15) is 11.4 Å². The summed E-state index contributed by atoms with van der Waals surface area (Å²) in [6.07, 6.45) is 13.1. The molecule has 0 aliphatic carbocycles. The highest BCUT2D eigenvalue weighted by Gasteiger charge is 2.33. The Morgan fingerprint density at radius 1 is 0.877 bits per heavy atom. The molecule has 0 heterocycles. The highest BCUT2D eigenvalue weighted by molar-refractivity contribution is 6.31. The Morgan fingerprint density at radius 2 is 1.42 bits per heavy atom. The maximum atomic E-state index is 10.9. The van der Waals surface area contributed by atoms with Crippen molar-refractivity contribution < 1.29 is 14.6 Å². The van der Waals surface area contributed by atoms with E-state index in [2.05, 4.69) is 85.3 Å². The Bertz CT molecular complexity index is 1600. The summed E-state index contributed by atoms with van der Waals surface area (Å²) in [6.45, 7) is 30.9. The van der Waals surface area contributed by atoms with E-state index in [0.29, 0.717) is 17.4 Å². The lowest BCUT2D eigenvalue weighted by molar-refractivity contribution is -0.105. The van der Waals surface area contributed by atoms with E-state index in [-0.39, 0.29) is 12.5 Å². The van der Waals surface area contributed by atoms with Gasteiger partial charge in [0.15, 0.2) is 0 Å². The number of halogens is 3. The zero-order valence-corrected chi connectivity index (χ0v) is 39.5. The number of benzene rings is 3. The summed E-state index contributed by atoms with van der Waals surface area (Å²) in [6, 6.07) is 17.5. The molecule has 0 fully saturated rings. The van der Waals surface area contributed by atoms with Crippen molar-refractivity contribution >= 4 is 46.9 Å². The topological polar surface area (TPSA) is 70.6 Å². The molecule has 0 radical (unpaired) electrons. The zero-order valence-electron chi connectivity index (χ0n) is 37.3. The lowest BCUT2D eigenvalue weighted by Crippen LogP contribution is -2.41. The Labute approximate surface area is 363 Å². The van der Waals surface area contributed by atoms with Crippen LogP contribution in [0.3, 0.4) is 0 Å². The van der Waals surface area contributed by atoms with Crippen LogP contribution in [0.15, 0.2) is 91.2 Å². The van der Waals surface area contributed by atoms with Crippen molar-refractivity contribution in [1.82, 2.24) is 5.32 Å². The van der Waals surface area contributed by atoms with E-state index in [4.69, 9.17) is 44.6 Å². The van der Waals surface area contributed by atoms with Crippen LogP contribution < -0.4 is 15.4 Å². The third-order valence-corrected chi connectivity index (χ3v) is 9.98. The number of likely N-dealkylation sites (N-methyl/N-ethyl adjacent to an activating group) is 1. The summed E-state index contributed by atoms with van der Waals surface area (Å²) in [5.41, 5.74) is 7.24. The second-order valence-corrected chi connectivity index (χ2v) is 14.8. The largest absolute Gasteiger partial charge is 0.481 e. The number of carbonyl (C=O) groups excluding carboxylic acids is 1. The van der Waals surface area contributed by atoms with Crippen LogP contribution in [0, 0.1) is 6.92 Å². The molecule has 3 N–H and O–H groups in total. The molecule has 320 valence electrons. The summed E-state index contributed by atoms with van der Waals surface area (Å²) in [5, 5.41) is 15.6. The van der Waals surface area contributed by atoms with Gasteiger partial charge in [0, 0.05) is 46.0 Å². The fourth-order valence-electron chi connectivity index (χ4n) is 6.32. The lowest BCUT2D eigenvalue weighted by Gasteiger charge is -2.35. The molecular weight excluding hydrogens is 771 g/mol. The van der Waals surface area contributed by atoms with Gasteiger partial charge >= 0.3 is 0 Å². The summed E-state index contributed by atoms with van der Waals surface area (Å²) in [4.78, 5) is 10.9. The fraction of sp³-hybridized carbons (Fsp3) is 0.490. The molecule has 8 heteroatoms. The van der Waals surface area contributed by atoms with Crippen LogP contribution in [-0.4, -0.2) is 30.8 Å². The van der Waals surface area contributed by atoms with E-state index in [0.717, 1.165) is 83.3 Å². The second-order valence-electron chi connectivity index (χ2n) is 13.5. The quantitative estimate of drug-likeness (QED) is 0.0881. The molecule has 0 spiro atoms. The summed E-state index contributed by atoms with van der Waals surface area (Å²) < 4.78 is 6.56. The van der Waals surface area contributed by atoms with Crippen LogP contribution in [0.4, 0.5) is 5.69 Å². The number of anilines is 1. The third-order valence-electron chi connectivity index (χ3n) is 9.27. The second kappa shape index (κ2) is 32.7. The predicted octanol–water partition coefficient (Wildman–Crippen LogP) is 15.7. The molecule has 3 aromatic rings. The molecule has 0 bridgehead atoms. The van der Waals surface area contributed by atoms with Crippen LogP contribution in [-0.2, 0) is 4.79 Å². The first-order valence-corrected chi connectivity index (χ1v) is 21.8. The van der Waals surface area contributed by atoms with Crippen molar-refractivity contribution in [1.29, 1.82) is 0 Å². The lowest BCUT2D eigenvalue weighted by atomic mass is 9.84. The van der Waals surface area contributed by atoms with Crippen molar-refractivity contribution in [2.24, 2.45) is 0 Å². The monoisotopic (exact) mass is 844 g/mol. The SMILES string of the molecule is C=C(NC)C(CC)(CC)Oc1ccc(Cl)cc1C(C)C/C(C)=C\CC.C=CCCC.CC.CCCC(c1cc(Cl)ccc1C)c1ccc(Cl)cc1NC=O.CCO. The molecule has 0 saturated carbocycles. The minimum absolute atomic E-state index is 0.170. The van der Waals surface area contributed by atoms with E-state index in [1.807, 2.05) is 75.5 Å². The number of aliphatic hydroxyl groups is 1. The number of allylic oxidation sites excluding steroid dienone is 3. The van der Waals surface area contributed by atoms with Crippen molar-refractivity contribution in [2.75, 3.05) is 19.0 Å². The average Bonchev–Trinajstić information content (AvgIpc) is 3.19. The number of unbranched alkanes of at least 4 members (excludes halogenated alkanes) is 1. The van der Waals surface area contributed by atoms with Crippen molar-refractivity contribution in [3.8, 4) is 5.75 Å². The Kier molecular flexibility index (Phi) is 32.1. The number of aliphatic hydroxyl groups excluding tert-OH is 1. The molecule has 1 amide bonds. The molecule has 2 unspecified atom stereocenters. The van der Waals surface area contributed by atoms with Crippen LogP contribution in [0.2, 0.25) is 15.1 Å². The Balaban J connectivity index is 0. The van der Waals surface area contributed by atoms with Gasteiger partial charge in [-0.2, -0.15) is 0 Å². The normalized spacial score (nSPS) is 11.6. The standard InChI is InChI=1S/C22H34ClNO.C18H19Cl2NO.C5H10.C2H6O.C2H6/c1-8-11-16(4)14-17(5)20-15-19(23)12-13-21(20)25-22(9-2,10-3)18(6)24-7;1-3-4-15(17-9-13(19)6-5-12(17)2)16-8-7-14(20)10-18(16)21-11-22;1-3-5-4-2;1-2-3;1-2/h11-13,15,17,24H,6,8-10,14H2,1-5,7H3;5-11,15H,3-4H2,1-2H3,(H,21,22);3H,1,4-5H2,2H3;3H,2H2,1H3;1-2H3/b16-11-;;;;. The van der Waals surface area contributed by atoms with Gasteiger partial charge in [-0.1, -0.05) is 139 Å². The molecular formula is C49H75Cl3N2O3. The molecule has 0 aliphatic heterocycles. The molecule has 3 rings (SSSR count). The molecule has 5 nitrogen and oxygen atoms in total. The number of aryl methyl sites for hydroxylation is 1. The first kappa shape index (κ1) is 55.9. The van der Waals surface area contributed by atoms with Gasteiger partial charge in [0.2, 0.25) is 6.41 Å². The predicted molar refractivity (Wildman–Crippen MR) is 254 cm³/mol. The van der Waals surface area contributed by atoms with Crippen LogP contribution >= 0.6 is 34.8 Å². The van der Waals surface area contributed by atoms with Crippen molar-refractivity contribution in [2.45, 2.75) is 145 Å². The molecule has 0 saturated heterocycles. The maximum Gasteiger partial charge on any atom is 0.211 e. The Hall–Kier alpha value is -3.22. The maximum absolute atomic E-state index is 10.9. The number of hydrogen-bond acceptors (Lipinski definition) is 4. The van der Waals surface area contributed by atoms with E-state index >= 15 is 0 Å². The van der Waals surface area contributed by atoms with E-state index in [1.165, 1.54) is 23.1 Å². The highest BCUT2D eigenvalue weighted by atomic mass is 35.5. The van der Waals surface area contributed by atoms with Gasteiger partial charge < -0.3 is 20.5 Å². The van der Waals surface area contributed by atoms with Gasteiger partial charge in [0.05, 0.1) is 0 Å². The number of carbonyl (C=O) groups is 1. The summed E-state index contributed by atoms with van der Waals surface area (Å²) in [5.74, 6) is 1.41. The summed E-state index contributed by atoms with van der Waals surface area (Å²) >= 11 is 18.5. The fourth-order valence-corrected chi connectivity index (χ4v) is 6.86. The molecule has 0 aromatic heterocycles. The number of rotatable bonds is 18. The van der Waals surface area contributed by atoms with E-state index in [1.54, 1.807) is 13.0 Å². The van der Waals surface area contributed by atoms with Crippen LogP contribution in [0.25, 0.3) is 0 Å². The zero-order chi connectivity index (χ0) is 44.0. The van der Waals surface area contributed by atoms with Gasteiger partial charge in [-0.15, -0.1) is 6.58 Å². The minimum atomic E-state index is -0.411. The highest BCUT2D eigenvalue weighted by Crippen LogP contribution is 2.39. The number of amides is 1. The first-order valence-electron chi connectivity index (χ1n) is 20.7.